The smallest absolute Gasteiger partial charge is 0.263 e. The number of carbonyl (C=O) groups is 2. The number of hydrogen-bond acceptors (Lipinski definition) is 4. The number of thiophene rings is 1. The van der Waals surface area contributed by atoms with E-state index in [1.165, 1.54) is 11.3 Å². The molecule has 0 bridgehead atoms. The van der Waals surface area contributed by atoms with Gasteiger partial charge in [0.25, 0.3) is 5.91 Å². The Kier molecular flexibility index (Phi) is 5.03. The molecule has 0 saturated heterocycles. The number of nitrogens with two attached hydrogens (primary N) is 1. The third-order valence-electron chi connectivity index (χ3n) is 2.88. The van der Waals surface area contributed by atoms with Crippen molar-refractivity contribution in [3.05, 3.63) is 28.1 Å². The van der Waals surface area contributed by atoms with Crippen LogP contribution in [0.5, 0.6) is 0 Å². The summed E-state index contributed by atoms with van der Waals surface area (Å²) in [4.78, 5) is 24.0. The Morgan fingerprint density at radius 2 is 2.10 bits per heavy atom. The third-order valence-corrected chi connectivity index (χ3v) is 4.30. The van der Waals surface area contributed by atoms with E-state index in [-0.39, 0.29) is 18.4 Å². The molecule has 0 aliphatic heterocycles. The monoisotopic (exact) mass is 325 g/mol. The zero-order valence-electron chi connectivity index (χ0n) is 11.5. The van der Waals surface area contributed by atoms with Crippen molar-refractivity contribution < 1.29 is 9.59 Å². The quantitative estimate of drug-likeness (QED) is 0.789. The molecule has 1 aromatic heterocycles. The molecule has 21 heavy (non-hydrogen) atoms. The minimum atomic E-state index is -0.350. The molecule has 0 atom stereocenters. The van der Waals surface area contributed by atoms with Gasteiger partial charge in [0, 0.05) is 21.7 Å². The Balaban J connectivity index is 2.09. The van der Waals surface area contributed by atoms with E-state index >= 15 is 0 Å². The molecule has 0 fully saturated rings. The molecule has 2 rings (SSSR count). The second kappa shape index (κ2) is 6.78. The van der Waals surface area contributed by atoms with Crippen molar-refractivity contribution in [3.63, 3.8) is 0 Å². The number of fused-ring (bicyclic) bond motifs is 1. The zero-order chi connectivity index (χ0) is 15.4. The maximum atomic E-state index is 12.1. The van der Waals surface area contributed by atoms with Crippen molar-refractivity contribution in [1.29, 1.82) is 0 Å². The van der Waals surface area contributed by atoms with Gasteiger partial charge in [0.05, 0.1) is 12.2 Å². The lowest BCUT2D eigenvalue weighted by atomic mass is 10.2. The number of rotatable bonds is 5. The summed E-state index contributed by atoms with van der Waals surface area (Å²) in [6.07, 6.45) is 0.851. The second-order valence-electron chi connectivity index (χ2n) is 4.52. The molecule has 2 amide bonds. The van der Waals surface area contributed by atoms with Crippen molar-refractivity contribution in [3.8, 4) is 0 Å². The third kappa shape index (κ3) is 3.65. The van der Waals surface area contributed by atoms with E-state index in [1.807, 2.05) is 13.0 Å². The molecule has 112 valence electrons. The number of benzene rings is 1. The number of amides is 2. The van der Waals surface area contributed by atoms with Crippen LogP contribution in [-0.4, -0.2) is 24.9 Å². The molecule has 7 heteroatoms. The first-order valence-corrected chi connectivity index (χ1v) is 7.74. The van der Waals surface area contributed by atoms with Gasteiger partial charge >= 0.3 is 0 Å². The van der Waals surface area contributed by atoms with Gasteiger partial charge in [0.1, 0.15) is 4.88 Å². The number of nitrogens with one attached hydrogen (secondary N) is 2. The molecule has 0 radical (unpaired) electrons. The van der Waals surface area contributed by atoms with Crippen LogP contribution >= 0.6 is 22.9 Å². The van der Waals surface area contributed by atoms with Gasteiger partial charge in [0.2, 0.25) is 5.91 Å². The van der Waals surface area contributed by atoms with Crippen LogP contribution in [0.15, 0.2) is 18.2 Å². The number of carbonyl (C=O) groups excluding carboxylic acids is 2. The van der Waals surface area contributed by atoms with Gasteiger partial charge in [0.15, 0.2) is 0 Å². The van der Waals surface area contributed by atoms with E-state index in [4.69, 9.17) is 17.3 Å². The van der Waals surface area contributed by atoms with E-state index in [0.29, 0.717) is 22.1 Å². The second-order valence-corrected chi connectivity index (χ2v) is 6.01. The topological polar surface area (TPSA) is 84.2 Å². The van der Waals surface area contributed by atoms with Crippen molar-refractivity contribution in [1.82, 2.24) is 10.6 Å². The first-order valence-electron chi connectivity index (χ1n) is 6.55. The maximum Gasteiger partial charge on any atom is 0.263 e. The minimum Gasteiger partial charge on any atom is -0.397 e. The highest BCUT2D eigenvalue weighted by molar-refractivity contribution is 7.21. The predicted octanol–water partition coefficient (Wildman–Crippen LogP) is 2.39. The average Bonchev–Trinajstić information content (AvgIpc) is 2.79. The van der Waals surface area contributed by atoms with Gasteiger partial charge in [-0.1, -0.05) is 18.5 Å². The van der Waals surface area contributed by atoms with Crippen LogP contribution in [-0.2, 0) is 4.79 Å². The van der Waals surface area contributed by atoms with Crippen LogP contribution < -0.4 is 16.4 Å². The first-order chi connectivity index (χ1) is 10.0. The van der Waals surface area contributed by atoms with Crippen LogP contribution in [0, 0.1) is 0 Å². The molecule has 0 saturated carbocycles. The number of anilines is 1. The van der Waals surface area contributed by atoms with Gasteiger partial charge in [-0.3, -0.25) is 9.59 Å². The highest BCUT2D eigenvalue weighted by Gasteiger charge is 2.17. The van der Waals surface area contributed by atoms with Crippen LogP contribution in [0.1, 0.15) is 23.0 Å². The summed E-state index contributed by atoms with van der Waals surface area (Å²) in [7, 11) is 0. The van der Waals surface area contributed by atoms with Crippen molar-refractivity contribution in [2.75, 3.05) is 18.8 Å². The van der Waals surface area contributed by atoms with Crippen molar-refractivity contribution in [2.24, 2.45) is 0 Å². The first kappa shape index (κ1) is 15.6. The fourth-order valence-corrected chi connectivity index (χ4v) is 3.02. The Morgan fingerprint density at radius 3 is 2.81 bits per heavy atom. The lowest BCUT2D eigenvalue weighted by Crippen LogP contribution is -2.37. The van der Waals surface area contributed by atoms with Crippen molar-refractivity contribution in [2.45, 2.75) is 13.3 Å². The van der Waals surface area contributed by atoms with E-state index in [2.05, 4.69) is 10.6 Å². The fourth-order valence-electron chi connectivity index (χ4n) is 1.83. The lowest BCUT2D eigenvalue weighted by molar-refractivity contribution is -0.120. The van der Waals surface area contributed by atoms with E-state index < -0.39 is 0 Å². The maximum absolute atomic E-state index is 12.1. The summed E-state index contributed by atoms with van der Waals surface area (Å²) in [5.41, 5.74) is 6.38. The molecule has 5 nitrogen and oxygen atoms in total. The fraction of sp³-hybridized carbons (Fsp3) is 0.286. The summed E-state index contributed by atoms with van der Waals surface area (Å²) in [6, 6.07) is 5.30. The number of halogens is 1. The normalized spacial score (nSPS) is 10.6. The summed E-state index contributed by atoms with van der Waals surface area (Å²) < 4.78 is 0.887. The SMILES string of the molecule is CCCNC(=O)CNC(=O)c1sc2ccc(Cl)cc2c1N. The van der Waals surface area contributed by atoms with Crippen LogP contribution in [0.4, 0.5) is 5.69 Å². The molecule has 0 aliphatic rings. The van der Waals surface area contributed by atoms with Gasteiger partial charge in [-0.05, 0) is 24.6 Å². The molecule has 2 aromatic rings. The Labute approximate surface area is 131 Å². The molecule has 0 unspecified atom stereocenters. The largest absolute Gasteiger partial charge is 0.397 e. The minimum absolute atomic E-state index is 0.0622. The lowest BCUT2D eigenvalue weighted by Gasteiger charge is -2.05. The van der Waals surface area contributed by atoms with Crippen LogP contribution in [0.2, 0.25) is 5.02 Å². The zero-order valence-corrected chi connectivity index (χ0v) is 13.1. The van der Waals surface area contributed by atoms with Gasteiger partial charge < -0.3 is 16.4 Å². The van der Waals surface area contributed by atoms with E-state index in [0.717, 1.165) is 16.5 Å². The molecule has 0 aliphatic carbocycles. The van der Waals surface area contributed by atoms with Gasteiger partial charge in [-0.15, -0.1) is 11.3 Å². The van der Waals surface area contributed by atoms with Crippen molar-refractivity contribution >= 4 is 50.5 Å². The molecule has 4 N–H and O–H groups in total. The Hall–Kier alpha value is -1.79. The van der Waals surface area contributed by atoms with Gasteiger partial charge in [-0.2, -0.15) is 0 Å². The number of nitrogen functional groups attached to an aromatic ring is 1. The molecule has 1 heterocycles. The summed E-state index contributed by atoms with van der Waals surface area (Å²) in [5.74, 6) is -0.565. The van der Waals surface area contributed by atoms with E-state index in [9.17, 15) is 9.59 Å². The Bertz CT molecular complexity index is 684. The highest BCUT2D eigenvalue weighted by atomic mass is 35.5. The van der Waals surface area contributed by atoms with Crippen LogP contribution in [0.3, 0.4) is 0 Å². The number of hydrogen-bond donors (Lipinski definition) is 3. The Morgan fingerprint density at radius 1 is 1.33 bits per heavy atom. The van der Waals surface area contributed by atoms with E-state index in [1.54, 1.807) is 12.1 Å². The average molecular weight is 326 g/mol. The summed E-state index contributed by atoms with van der Waals surface area (Å²) in [5, 5.41) is 6.58. The standard InChI is InChI=1S/C14H16ClN3O2S/c1-2-5-17-11(19)7-18-14(20)13-12(16)9-6-8(15)3-4-10(9)21-13/h3-4,6H,2,5,7,16H2,1H3,(H,17,19)(H,18,20). The van der Waals surface area contributed by atoms with Gasteiger partial charge in [-0.25, -0.2) is 0 Å². The predicted molar refractivity (Wildman–Crippen MR) is 86.9 cm³/mol. The molecular formula is C14H16ClN3O2S. The summed E-state index contributed by atoms with van der Waals surface area (Å²) >= 11 is 7.21. The van der Waals surface area contributed by atoms with Crippen LogP contribution in [0.25, 0.3) is 10.1 Å². The molecule has 0 spiro atoms. The highest BCUT2D eigenvalue weighted by Crippen LogP contribution is 2.35. The molecule has 1 aromatic carbocycles. The molecular weight excluding hydrogens is 310 g/mol. The summed E-state index contributed by atoms with van der Waals surface area (Å²) in [6.45, 7) is 2.49.